The summed E-state index contributed by atoms with van der Waals surface area (Å²) in [4.78, 5) is 13.9. The van der Waals surface area contributed by atoms with Gasteiger partial charge in [0.2, 0.25) is 15.0 Å². The normalized spacial score (nSPS) is 15.9. The first-order valence-electron chi connectivity index (χ1n) is 7.88. The van der Waals surface area contributed by atoms with Crippen LogP contribution in [-0.2, 0) is 16.9 Å². The second-order valence-corrected chi connectivity index (χ2v) is 8.95. The molecule has 0 saturated carbocycles. The quantitative estimate of drug-likeness (QED) is 0.827. The molecule has 1 fully saturated rings. The Balaban J connectivity index is 1.62. The van der Waals surface area contributed by atoms with Crippen molar-refractivity contribution in [2.45, 2.75) is 23.2 Å². The van der Waals surface area contributed by atoms with Gasteiger partial charge in [-0.1, -0.05) is 23.2 Å². The monoisotopic (exact) mass is 417 g/mol. The molecule has 1 saturated heterocycles. The van der Waals surface area contributed by atoms with Gasteiger partial charge in [-0.05, 0) is 31.0 Å². The zero-order valence-corrected chi connectivity index (χ0v) is 16.2. The number of carbonyl (C=O) groups is 1. The number of carbonyl (C=O) groups excluding carboxylic acids is 1. The van der Waals surface area contributed by atoms with E-state index in [1.807, 2.05) is 0 Å². The van der Waals surface area contributed by atoms with Crippen LogP contribution in [0.3, 0.4) is 0 Å². The van der Waals surface area contributed by atoms with Crippen LogP contribution in [0.2, 0.25) is 10.0 Å². The maximum absolute atomic E-state index is 12.6. The molecule has 140 valence electrons. The minimum Gasteiger partial charge on any atom is -0.324 e. The summed E-state index contributed by atoms with van der Waals surface area (Å²) in [6.07, 6.45) is 2.03. The number of aryl methyl sites for hydroxylation is 1. The Morgan fingerprint density at radius 3 is 2.50 bits per heavy atom. The number of piperidine rings is 1. The van der Waals surface area contributed by atoms with Crippen LogP contribution in [0.4, 0.5) is 10.5 Å². The fourth-order valence-corrected chi connectivity index (χ4v) is 4.86. The highest BCUT2D eigenvalue weighted by molar-refractivity contribution is 7.91. The molecule has 3 rings (SSSR count). The van der Waals surface area contributed by atoms with Crippen LogP contribution in [0.15, 0.2) is 29.7 Å². The van der Waals surface area contributed by atoms with Crippen molar-refractivity contribution >= 4 is 44.8 Å². The molecule has 2 aromatic rings. The average Bonchev–Trinajstić information content (AvgIpc) is 3.05. The third kappa shape index (κ3) is 3.79. The van der Waals surface area contributed by atoms with Gasteiger partial charge in [0, 0.05) is 25.8 Å². The first kappa shape index (κ1) is 18.9. The molecule has 0 aliphatic carbocycles. The van der Waals surface area contributed by atoms with Crippen LogP contribution in [0.1, 0.15) is 12.8 Å². The lowest BCUT2D eigenvalue weighted by Crippen LogP contribution is -2.44. The second-order valence-electron chi connectivity index (χ2n) is 6.01. The van der Waals surface area contributed by atoms with Crippen molar-refractivity contribution in [2.75, 3.05) is 18.4 Å². The van der Waals surface area contributed by atoms with E-state index in [4.69, 9.17) is 23.2 Å². The Morgan fingerprint density at radius 1 is 1.23 bits per heavy atom. The number of anilines is 1. The molecular formula is C15H17Cl2N5O3S. The van der Waals surface area contributed by atoms with E-state index in [1.165, 1.54) is 10.9 Å². The van der Waals surface area contributed by atoms with Crippen LogP contribution >= 0.6 is 23.2 Å². The van der Waals surface area contributed by atoms with Crippen molar-refractivity contribution in [1.82, 2.24) is 19.7 Å². The first-order valence-corrected chi connectivity index (χ1v) is 10.2. The molecule has 11 heteroatoms. The number of hydrogen-bond acceptors (Lipinski definition) is 5. The molecule has 0 unspecified atom stereocenters. The van der Waals surface area contributed by atoms with Crippen molar-refractivity contribution in [2.24, 2.45) is 7.05 Å². The van der Waals surface area contributed by atoms with Gasteiger partial charge in [-0.15, -0.1) is 10.2 Å². The van der Waals surface area contributed by atoms with Crippen molar-refractivity contribution in [3.63, 3.8) is 0 Å². The van der Waals surface area contributed by atoms with E-state index < -0.39 is 15.1 Å². The molecule has 0 atom stereocenters. The molecule has 1 aliphatic rings. The van der Waals surface area contributed by atoms with Gasteiger partial charge in [0.1, 0.15) is 6.33 Å². The summed E-state index contributed by atoms with van der Waals surface area (Å²) in [7, 11) is -1.98. The zero-order chi connectivity index (χ0) is 18.9. The number of benzene rings is 1. The highest BCUT2D eigenvalue weighted by atomic mass is 35.5. The standard InChI is InChI=1S/C15H17Cl2N5O3S/c1-21-9-18-20-15(21)26(24,25)11-4-6-22(7-5-11)14(23)19-10-2-3-12(16)13(17)8-10/h2-3,8-9,11H,4-7H2,1H3,(H,19,23). The Bertz CT molecular complexity index is 923. The highest BCUT2D eigenvalue weighted by Crippen LogP contribution is 2.26. The Hall–Kier alpha value is -1.84. The minimum absolute atomic E-state index is 0.0452. The van der Waals surface area contributed by atoms with Crippen molar-refractivity contribution in [3.8, 4) is 0 Å². The third-order valence-electron chi connectivity index (χ3n) is 4.26. The van der Waals surface area contributed by atoms with Gasteiger partial charge in [0.15, 0.2) is 0 Å². The zero-order valence-electron chi connectivity index (χ0n) is 13.9. The Kier molecular flexibility index (Phi) is 5.40. The third-order valence-corrected chi connectivity index (χ3v) is 7.23. The van der Waals surface area contributed by atoms with Gasteiger partial charge in [0.05, 0.1) is 15.3 Å². The van der Waals surface area contributed by atoms with E-state index in [0.29, 0.717) is 41.7 Å². The molecule has 1 aliphatic heterocycles. The number of aromatic nitrogens is 3. The average molecular weight is 418 g/mol. The van der Waals surface area contributed by atoms with Crippen molar-refractivity contribution in [1.29, 1.82) is 0 Å². The van der Waals surface area contributed by atoms with Crippen LogP contribution < -0.4 is 5.32 Å². The number of halogens is 2. The molecule has 1 N–H and O–H groups in total. The summed E-state index contributed by atoms with van der Waals surface area (Å²) < 4.78 is 26.7. The Labute approximate surface area is 161 Å². The van der Waals surface area contributed by atoms with Gasteiger partial charge >= 0.3 is 6.03 Å². The van der Waals surface area contributed by atoms with Gasteiger partial charge in [0.25, 0.3) is 0 Å². The molecule has 8 nitrogen and oxygen atoms in total. The minimum atomic E-state index is -3.57. The number of nitrogens with one attached hydrogen (secondary N) is 1. The fraction of sp³-hybridized carbons (Fsp3) is 0.400. The number of urea groups is 1. The number of rotatable bonds is 3. The molecular weight excluding hydrogens is 401 g/mol. The predicted octanol–water partition coefficient (Wildman–Crippen LogP) is 2.59. The summed E-state index contributed by atoms with van der Waals surface area (Å²) in [6.45, 7) is 0.657. The predicted molar refractivity (Wildman–Crippen MR) is 98.3 cm³/mol. The van der Waals surface area contributed by atoms with Crippen LogP contribution in [0.5, 0.6) is 0 Å². The number of amides is 2. The van der Waals surface area contributed by atoms with E-state index in [9.17, 15) is 13.2 Å². The van der Waals surface area contributed by atoms with E-state index in [0.717, 1.165) is 0 Å². The van der Waals surface area contributed by atoms with E-state index >= 15 is 0 Å². The smallest absolute Gasteiger partial charge is 0.321 e. The molecule has 0 spiro atoms. The van der Waals surface area contributed by atoms with Crippen LogP contribution in [0.25, 0.3) is 0 Å². The second kappa shape index (κ2) is 7.42. The summed E-state index contributed by atoms with van der Waals surface area (Å²) in [5, 5.41) is 10.2. The van der Waals surface area contributed by atoms with Gasteiger partial charge < -0.3 is 14.8 Å². The lowest BCUT2D eigenvalue weighted by Gasteiger charge is -2.31. The van der Waals surface area contributed by atoms with Crippen molar-refractivity contribution in [3.05, 3.63) is 34.6 Å². The lowest BCUT2D eigenvalue weighted by molar-refractivity contribution is 0.200. The van der Waals surface area contributed by atoms with Gasteiger partial charge in [-0.2, -0.15) is 0 Å². The summed E-state index contributed by atoms with van der Waals surface area (Å²) >= 11 is 11.8. The molecule has 0 bridgehead atoms. The molecule has 1 aromatic carbocycles. The van der Waals surface area contributed by atoms with Crippen LogP contribution in [0, 0.1) is 0 Å². The number of sulfone groups is 1. The number of hydrogen-bond donors (Lipinski definition) is 1. The molecule has 2 amide bonds. The maximum Gasteiger partial charge on any atom is 0.321 e. The van der Waals surface area contributed by atoms with Gasteiger partial charge in [-0.3, -0.25) is 0 Å². The largest absolute Gasteiger partial charge is 0.324 e. The fourth-order valence-electron chi connectivity index (χ4n) is 2.82. The Morgan fingerprint density at radius 2 is 1.92 bits per heavy atom. The van der Waals surface area contributed by atoms with Crippen molar-refractivity contribution < 1.29 is 13.2 Å². The maximum atomic E-state index is 12.6. The van der Waals surface area contributed by atoms with Gasteiger partial charge in [-0.25, -0.2) is 13.2 Å². The van der Waals surface area contributed by atoms with E-state index in [2.05, 4.69) is 15.5 Å². The molecule has 1 aromatic heterocycles. The summed E-state index contributed by atoms with van der Waals surface area (Å²) in [6, 6.07) is 4.50. The van der Waals surface area contributed by atoms with E-state index in [1.54, 1.807) is 30.1 Å². The van der Waals surface area contributed by atoms with Crippen LogP contribution in [-0.4, -0.2) is 52.5 Å². The SMILES string of the molecule is Cn1cnnc1S(=O)(=O)C1CCN(C(=O)Nc2ccc(Cl)c(Cl)c2)CC1. The summed E-state index contributed by atoms with van der Waals surface area (Å²) in [5.74, 6) is 0. The first-order chi connectivity index (χ1) is 12.3. The van der Waals surface area contributed by atoms with E-state index in [-0.39, 0.29) is 11.2 Å². The number of nitrogens with zero attached hydrogens (tertiary/aromatic N) is 4. The molecule has 2 heterocycles. The highest BCUT2D eigenvalue weighted by Gasteiger charge is 2.35. The topological polar surface area (TPSA) is 97.2 Å². The molecule has 0 radical (unpaired) electrons. The summed E-state index contributed by atoms with van der Waals surface area (Å²) in [5.41, 5.74) is 0.526. The molecule has 26 heavy (non-hydrogen) atoms. The lowest BCUT2D eigenvalue weighted by atomic mass is 10.1. The number of likely N-dealkylation sites (tertiary alicyclic amines) is 1.